The third kappa shape index (κ3) is 3.37. The summed E-state index contributed by atoms with van der Waals surface area (Å²) in [7, 11) is 0. The SMILES string of the molecule is [N]=NN=NN=NC(c1ccccc1)(c1ccccc1)c1ccccc1. The Kier molecular flexibility index (Phi) is 5.11. The molecular weight excluding hydrogens is 312 g/mol. The maximum Gasteiger partial charge on any atom is 0.159 e. The van der Waals surface area contributed by atoms with Gasteiger partial charge < -0.3 is 0 Å². The lowest BCUT2D eigenvalue weighted by molar-refractivity contribution is 0.595. The Bertz CT molecular complexity index is 764. The van der Waals surface area contributed by atoms with E-state index in [1.54, 1.807) is 0 Å². The van der Waals surface area contributed by atoms with E-state index in [9.17, 15) is 0 Å². The van der Waals surface area contributed by atoms with E-state index < -0.39 is 5.54 Å². The molecule has 3 aromatic carbocycles. The van der Waals surface area contributed by atoms with Crippen LogP contribution in [-0.4, -0.2) is 0 Å². The average molecular weight is 327 g/mol. The van der Waals surface area contributed by atoms with Crippen LogP contribution in [0.3, 0.4) is 0 Å². The summed E-state index contributed by atoms with van der Waals surface area (Å²) in [6.45, 7) is 0. The van der Waals surface area contributed by atoms with Crippen LogP contribution in [0.15, 0.2) is 117 Å². The van der Waals surface area contributed by atoms with E-state index in [0.717, 1.165) is 16.7 Å². The van der Waals surface area contributed by atoms with Crippen molar-refractivity contribution in [3.63, 3.8) is 0 Å². The molecule has 0 amide bonds. The van der Waals surface area contributed by atoms with Crippen LogP contribution in [0.4, 0.5) is 0 Å². The zero-order valence-corrected chi connectivity index (χ0v) is 13.3. The molecule has 0 aromatic heterocycles. The summed E-state index contributed by atoms with van der Waals surface area (Å²) < 4.78 is 0. The first-order valence-electron chi connectivity index (χ1n) is 7.71. The van der Waals surface area contributed by atoms with E-state index in [4.69, 9.17) is 5.53 Å². The fourth-order valence-corrected chi connectivity index (χ4v) is 2.83. The first-order chi connectivity index (χ1) is 12.4. The van der Waals surface area contributed by atoms with Crippen molar-refractivity contribution in [3.05, 3.63) is 108 Å². The molecule has 25 heavy (non-hydrogen) atoms. The van der Waals surface area contributed by atoms with Crippen LogP contribution < -0.4 is 5.53 Å². The Morgan fingerprint density at radius 3 is 1.28 bits per heavy atom. The fourth-order valence-electron chi connectivity index (χ4n) is 2.83. The lowest BCUT2D eigenvalue weighted by Gasteiger charge is -2.30. The van der Waals surface area contributed by atoms with E-state index in [0.29, 0.717) is 0 Å². The zero-order chi connectivity index (χ0) is 17.4. The highest BCUT2D eigenvalue weighted by Gasteiger charge is 2.36. The minimum absolute atomic E-state index is 0.891. The van der Waals surface area contributed by atoms with Crippen molar-refractivity contribution < 1.29 is 0 Å². The average Bonchev–Trinajstić information content (AvgIpc) is 2.70. The summed E-state index contributed by atoms with van der Waals surface area (Å²) in [5, 5.41) is 17.4. The van der Waals surface area contributed by atoms with Crippen LogP contribution in [0.25, 0.3) is 0 Å². The van der Waals surface area contributed by atoms with E-state index in [1.807, 2.05) is 91.0 Å². The Morgan fingerprint density at radius 1 is 0.520 bits per heavy atom. The molecule has 0 atom stereocenters. The monoisotopic (exact) mass is 327 g/mol. The van der Waals surface area contributed by atoms with Gasteiger partial charge >= 0.3 is 0 Å². The third-order valence-corrected chi connectivity index (χ3v) is 3.89. The maximum absolute atomic E-state index is 8.41. The second-order valence-electron chi connectivity index (χ2n) is 5.27. The summed E-state index contributed by atoms with van der Waals surface area (Å²) in [4.78, 5) is 0. The molecule has 0 unspecified atom stereocenters. The first kappa shape index (κ1) is 16.3. The van der Waals surface area contributed by atoms with Gasteiger partial charge in [0.2, 0.25) is 0 Å². The molecule has 3 rings (SSSR count). The van der Waals surface area contributed by atoms with Crippen molar-refractivity contribution in [1.29, 1.82) is 0 Å². The van der Waals surface area contributed by atoms with Gasteiger partial charge in [0.25, 0.3) is 0 Å². The predicted octanol–water partition coefficient (Wildman–Crippen LogP) is 4.97. The number of hydrogen-bond acceptors (Lipinski definition) is 1. The van der Waals surface area contributed by atoms with E-state index >= 15 is 0 Å². The van der Waals surface area contributed by atoms with Gasteiger partial charge in [-0.1, -0.05) is 91.0 Å². The van der Waals surface area contributed by atoms with Crippen LogP contribution in [0.2, 0.25) is 0 Å². The smallest absolute Gasteiger partial charge is 0.146 e. The molecule has 121 valence electrons. The number of nitrogens with zero attached hydrogens (tertiary/aromatic N) is 6. The Hall–Kier alpha value is -3.54. The molecule has 0 N–H and O–H groups in total. The van der Waals surface area contributed by atoms with Crippen LogP contribution in [0.5, 0.6) is 0 Å². The molecule has 6 nitrogen and oxygen atoms in total. The minimum Gasteiger partial charge on any atom is -0.146 e. The van der Waals surface area contributed by atoms with Crippen LogP contribution in [-0.2, 0) is 5.54 Å². The maximum atomic E-state index is 8.41. The molecule has 6 heteroatoms. The predicted molar refractivity (Wildman–Crippen MR) is 93.5 cm³/mol. The van der Waals surface area contributed by atoms with Crippen molar-refractivity contribution >= 4 is 0 Å². The molecule has 0 saturated heterocycles. The molecule has 0 saturated carbocycles. The fraction of sp³-hybridized carbons (Fsp3) is 0.0526. The molecule has 0 aliphatic heterocycles. The lowest BCUT2D eigenvalue weighted by Crippen LogP contribution is -2.26. The summed E-state index contributed by atoms with van der Waals surface area (Å²) in [6, 6.07) is 29.5. The molecule has 0 aliphatic rings. The quantitative estimate of drug-likeness (QED) is 0.348. The highest BCUT2D eigenvalue weighted by atomic mass is 15.6. The van der Waals surface area contributed by atoms with Crippen LogP contribution in [0.1, 0.15) is 16.7 Å². The van der Waals surface area contributed by atoms with Crippen molar-refractivity contribution in [1.82, 2.24) is 5.53 Å². The molecule has 1 radical (unpaired) electrons. The van der Waals surface area contributed by atoms with Crippen molar-refractivity contribution in [2.75, 3.05) is 0 Å². The molecule has 3 aromatic rings. The van der Waals surface area contributed by atoms with Gasteiger partial charge in [0, 0.05) is 0 Å². The van der Waals surface area contributed by atoms with E-state index in [-0.39, 0.29) is 0 Å². The Balaban J connectivity index is 2.29. The lowest BCUT2D eigenvalue weighted by atomic mass is 9.78. The number of rotatable bonds is 6. The van der Waals surface area contributed by atoms with Gasteiger partial charge in [-0.3, -0.25) is 0 Å². The van der Waals surface area contributed by atoms with Gasteiger partial charge in [0.1, 0.15) is 0 Å². The Morgan fingerprint density at radius 2 is 0.920 bits per heavy atom. The van der Waals surface area contributed by atoms with Crippen molar-refractivity contribution in [2.24, 2.45) is 26.0 Å². The van der Waals surface area contributed by atoms with E-state index in [2.05, 4.69) is 26.0 Å². The second kappa shape index (κ2) is 7.83. The van der Waals surface area contributed by atoms with E-state index in [1.165, 1.54) is 0 Å². The minimum atomic E-state index is -0.891. The van der Waals surface area contributed by atoms with Crippen molar-refractivity contribution in [2.45, 2.75) is 5.54 Å². The Labute approximate surface area is 145 Å². The molecule has 0 aliphatic carbocycles. The van der Waals surface area contributed by atoms with Gasteiger partial charge in [0.15, 0.2) is 5.54 Å². The van der Waals surface area contributed by atoms with Gasteiger partial charge in [-0.25, -0.2) is 0 Å². The molecular formula is C19H15N6. The number of hydrogen-bond donors (Lipinski definition) is 0. The van der Waals surface area contributed by atoms with Gasteiger partial charge in [0.05, 0.1) is 0 Å². The zero-order valence-electron chi connectivity index (χ0n) is 13.3. The van der Waals surface area contributed by atoms with Gasteiger partial charge in [-0.15, -0.1) is 5.11 Å². The highest BCUT2D eigenvalue weighted by Crippen LogP contribution is 2.40. The molecule has 0 fully saturated rings. The molecule has 0 spiro atoms. The summed E-state index contributed by atoms with van der Waals surface area (Å²) in [6.07, 6.45) is 0. The molecule has 0 heterocycles. The molecule has 0 bridgehead atoms. The van der Waals surface area contributed by atoms with Crippen LogP contribution >= 0.6 is 0 Å². The van der Waals surface area contributed by atoms with Crippen LogP contribution in [0, 0.1) is 0 Å². The first-order valence-corrected chi connectivity index (χ1v) is 7.71. The summed E-state index contributed by atoms with van der Waals surface area (Å²) in [5.41, 5.74) is 10.3. The normalized spacial score (nSPS) is 11.8. The number of benzene rings is 3. The second-order valence-corrected chi connectivity index (χ2v) is 5.27. The third-order valence-electron chi connectivity index (χ3n) is 3.89. The summed E-state index contributed by atoms with van der Waals surface area (Å²) >= 11 is 0. The topological polar surface area (TPSA) is 84.1 Å². The standard InChI is InChI=1S/C19H15N6/c20-22-24-25-23-21-19(16-10-4-1-5-11-16,17-12-6-2-7-13-17)18-14-8-3-9-15-18/h1-15H. The highest BCUT2D eigenvalue weighted by molar-refractivity contribution is 5.49. The summed E-state index contributed by atoms with van der Waals surface area (Å²) in [5.74, 6) is 0. The van der Waals surface area contributed by atoms with Gasteiger partial charge in [-0.05, 0) is 43.1 Å². The largest absolute Gasteiger partial charge is 0.159 e. The van der Waals surface area contributed by atoms with Gasteiger partial charge in [-0.2, -0.15) is 0 Å². The van der Waals surface area contributed by atoms with Crippen molar-refractivity contribution in [3.8, 4) is 0 Å².